The van der Waals surface area contributed by atoms with Gasteiger partial charge < -0.3 is 14.5 Å². The van der Waals surface area contributed by atoms with Gasteiger partial charge in [0.2, 0.25) is 0 Å². The van der Waals surface area contributed by atoms with E-state index in [-0.39, 0.29) is 5.91 Å². The number of hydrogen-bond acceptors (Lipinski definition) is 3. The Morgan fingerprint density at radius 1 is 1.50 bits per heavy atom. The van der Waals surface area contributed by atoms with E-state index < -0.39 is 0 Å². The summed E-state index contributed by atoms with van der Waals surface area (Å²) in [5, 5.41) is 2.81. The molecule has 4 nitrogen and oxygen atoms in total. The Balaban J connectivity index is 2.27. The monoisotopic (exact) mass is 273 g/mol. The van der Waals surface area contributed by atoms with Gasteiger partial charge in [-0.05, 0) is 32.8 Å². The number of hydrogen-bond donors (Lipinski definition) is 1. The van der Waals surface area contributed by atoms with E-state index in [1.54, 1.807) is 13.0 Å². The highest BCUT2D eigenvalue weighted by Gasteiger charge is 2.13. The summed E-state index contributed by atoms with van der Waals surface area (Å²) in [4.78, 5) is 11.7. The minimum absolute atomic E-state index is 0.189. The van der Waals surface area contributed by atoms with Crippen LogP contribution in [0, 0.1) is 6.92 Å². The maximum absolute atomic E-state index is 11.7. The zero-order chi connectivity index (χ0) is 13.4. The molecule has 0 spiro atoms. The van der Waals surface area contributed by atoms with E-state index in [4.69, 9.17) is 20.8 Å². The minimum atomic E-state index is -0.189. The van der Waals surface area contributed by atoms with Crippen molar-refractivity contribution in [3.05, 3.63) is 23.2 Å². The number of aryl methyl sites for hydroxylation is 1. The number of unbranched alkanes of at least 4 members (excludes halogenated alkanes) is 1. The number of furan rings is 1. The molecule has 0 unspecified atom stereocenters. The molecular formula is C13H20ClNO3. The summed E-state index contributed by atoms with van der Waals surface area (Å²) < 4.78 is 10.6. The third-order valence-corrected chi connectivity index (χ3v) is 2.88. The minimum Gasteiger partial charge on any atom is -0.456 e. The quantitative estimate of drug-likeness (QED) is 0.585. The molecule has 1 aromatic rings. The Kier molecular flexibility index (Phi) is 6.83. The number of ether oxygens (including phenoxy) is 1. The van der Waals surface area contributed by atoms with Crippen molar-refractivity contribution in [1.29, 1.82) is 0 Å². The number of carbonyl (C=O) groups excluding carboxylic acids is 1. The Bertz CT molecular complexity index is 376. The molecule has 0 aliphatic rings. The molecule has 1 amide bonds. The maximum atomic E-state index is 11.7. The van der Waals surface area contributed by atoms with Crippen LogP contribution in [0.3, 0.4) is 0 Å². The largest absolute Gasteiger partial charge is 0.456 e. The Labute approximate surface area is 113 Å². The van der Waals surface area contributed by atoms with E-state index >= 15 is 0 Å². The van der Waals surface area contributed by atoms with E-state index in [1.165, 1.54) is 0 Å². The van der Waals surface area contributed by atoms with Crippen LogP contribution >= 0.6 is 11.6 Å². The van der Waals surface area contributed by atoms with Crippen molar-refractivity contribution in [1.82, 2.24) is 5.32 Å². The van der Waals surface area contributed by atoms with Gasteiger partial charge in [-0.2, -0.15) is 0 Å². The topological polar surface area (TPSA) is 51.5 Å². The summed E-state index contributed by atoms with van der Waals surface area (Å²) in [5.41, 5.74) is 0.859. The number of alkyl halides is 1. The second-order valence-corrected chi connectivity index (χ2v) is 4.25. The molecule has 0 fully saturated rings. The van der Waals surface area contributed by atoms with Crippen molar-refractivity contribution < 1.29 is 13.9 Å². The molecule has 0 atom stereocenters. The van der Waals surface area contributed by atoms with Gasteiger partial charge in [-0.15, -0.1) is 11.6 Å². The number of rotatable bonds is 8. The smallest absolute Gasteiger partial charge is 0.287 e. The normalized spacial score (nSPS) is 10.6. The molecule has 0 saturated heterocycles. The summed E-state index contributed by atoms with van der Waals surface area (Å²) in [6, 6.07) is 1.69. The molecule has 0 aliphatic carbocycles. The number of halogens is 1. The van der Waals surface area contributed by atoms with Crippen LogP contribution in [0.5, 0.6) is 0 Å². The van der Waals surface area contributed by atoms with E-state index in [0.717, 1.165) is 31.6 Å². The standard InChI is InChI=1S/C13H20ClNO3/c1-3-17-7-5-4-6-15-13(16)12-8-11(9-14)10(2)18-12/h8H,3-7,9H2,1-2H3,(H,15,16). The molecular weight excluding hydrogens is 254 g/mol. The summed E-state index contributed by atoms with van der Waals surface area (Å²) in [6.07, 6.45) is 1.84. The second-order valence-electron chi connectivity index (χ2n) is 3.99. The first-order chi connectivity index (χ1) is 8.69. The van der Waals surface area contributed by atoms with Crippen LogP contribution in [-0.4, -0.2) is 25.7 Å². The van der Waals surface area contributed by atoms with Crippen LogP contribution in [0.4, 0.5) is 0 Å². The first-order valence-corrected chi connectivity index (χ1v) is 6.73. The van der Waals surface area contributed by atoms with E-state index in [0.29, 0.717) is 23.9 Å². The molecule has 1 N–H and O–H groups in total. The highest BCUT2D eigenvalue weighted by Crippen LogP contribution is 2.16. The fraction of sp³-hybridized carbons (Fsp3) is 0.615. The lowest BCUT2D eigenvalue weighted by atomic mass is 10.2. The van der Waals surface area contributed by atoms with Gasteiger partial charge in [-0.3, -0.25) is 4.79 Å². The molecule has 18 heavy (non-hydrogen) atoms. The molecule has 0 bridgehead atoms. The zero-order valence-electron chi connectivity index (χ0n) is 10.9. The van der Waals surface area contributed by atoms with Crippen molar-refractivity contribution in [3.63, 3.8) is 0 Å². The zero-order valence-corrected chi connectivity index (χ0v) is 11.7. The molecule has 1 rings (SSSR count). The van der Waals surface area contributed by atoms with Crippen LogP contribution < -0.4 is 5.32 Å². The van der Waals surface area contributed by atoms with E-state index in [9.17, 15) is 4.79 Å². The first-order valence-electron chi connectivity index (χ1n) is 6.20. The van der Waals surface area contributed by atoms with Crippen LogP contribution in [0.25, 0.3) is 0 Å². The Morgan fingerprint density at radius 2 is 2.28 bits per heavy atom. The van der Waals surface area contributed by atoms with Crippen molar-refractivity contribution in [3.8, 4) is 0 Å². The SMILES string of the molecule is CCOCCCCNC(=O)c1cc(CCl)c(C)o1. The fourth-order valence-electron chi connectivity index (χ4n) is 1.53. The van der Waals surface area contributed by atoms with Gasteiger partial charge in [0.15, 0.2) is 5.76 Å². The molecule has 0 radical (unpaired) electrons. The number of nitrogens with one attached hydrogen (secondary N) is 1. The molecule has 0 aliphatic heterocycles. The van der Waals surface area contributed by atoms with Crippen LogP contribution in [0.1, 0.15) is 41.6 Å². The molecule has 5 heteroatoms. The maximum Gasteiger partial charge on any atom is 0.287 e. The average molecular weight is 274 g/mol. The van der Waals surface area contributed by atoms with Crippen molar-refractivity contribution in [2.45, 2.75) is 32.6 Å². The van der Waals surface area contributed by atoms with Crippen molar-refractivity contribution in [2.24, 2.45) is 0 Å². The van der Waals surface area contributed by atoms with Crippen LogP contribution in [-0.2, 0) is 10.6 Å². The van der Waals surface area contributed by atoms with Gasteiger partial charge in [0.1, 0.15) is 5.76 Å². The third-order valence-electron chi connectivity index (χ3n) is 2.59. The van der Waals surface area contributed by atoms with Crippen molar-refractivity contribution in [2.75, 3.05) is 19.8 Å². The molecule has 102 valence electrons. The second kappa shape index (κ2) is 8.16. The molecule has 1 heterocycles. The highest BCUT2D eigenvalue weighted by molar-refractivity contribution is 6.17. The van der Waals surface area contributed by atoms with Gasteiger partial charge in [0.05, 0.1) is 5.88 Å². The molecule has 0 aromatic carbocycles. The predicted molar refractivity (Wildman–Crippen MR) is 71.1 cm³/mol. The lowest BCUT2D eigenvalue weighted by Gasteiger charge is -2.03. The third kappa shape index (κ3) is 4.70. The Hall–Kier alpha value is -1.00. The molecule has 0 saturated carbocycles. The van der Waals surface area contributed by atoms with Gasteiger partial charge in [0.25, 0.3) is 5.91 Å². The Morgan fingerprint density at radius 3 is 2.89 bits per heavy atom. The van der Waals surface area contributed by atoms with Crippen LogP contribution in [0.2, 0.25) is 0 Å². The summed E-state index contributed by atoms with van der Waals surface area (Å²) >= 11 is 5.72. The van der Waals surface area contributed by atoms with Gasteiger partial charge in [0, 0.05) is 25.3 Å². The summed E-state index contributed by atoms with van der Waals surface area (Å²) in [5.74, 6) is 1.20. The highest BCUT2D eigenvalue weighted by atomic mass is 35.5. The summed E-state index contributed by atoms with van der Waals surface area (Å²) in [7, 11) is 0. The summed E-state index contributed by atoms with van der Waals surface area (Å²) in [6.45, 7) is 5.87. The average Bonchev–Trinajstić information content (AvgIpc) is 2.74. The van der Waals surface area contributed by atoms with Gasteiger partial charge in [-0.25, -0.2) is 0 Å². The van der Waals surface area contributed by atoms with Crippen molar-refractivity contribution >= 4 is 17.5 Å². The lowest BCUT2D eigenvalue weighted by molar-refractivity contribution is 0.0921. The fourth-order valence-corrected chi connectivity index (χ4v) is 1.79. The first kappa shape index (κ1) is 15.1. The predicted octanol–water partition coefficient (Wildman–Crippen LogP) is 2.87. The lowest BCUT2D eigenvalue weighted by Crippen LogP contribution is -2.24. The number of amides is 1. The van der Waals surface area contributed by atoms with Crippen LogP contribution in [0.15, 0.2) is 10.5 Å². The number of carbonyl (C=O) groups is 1. The van der Waals surface area contributed by atoms with E-state index in [2.05, 4.69) is 5.32 Å². The molecule has 1 aromatic heterocycles. The van der Waals surface area contributed by atoms with E-state index in [1.807, 2.05) is 6.92 Å². The van der Waals surface area contributed by atoms with Gasteiger partial charge in [-0.1, -0.05) is 0 Å². The van der Waals surface area contributed by atoms with Gasteiger partial charge >= 0.3 is 0 Å².